The molecule has 1 fully saturated rings. The second kappa shape index (κ2) is 9.53. The van der Waals surface area contributed by atoms with E-state index >= 15 is 0 Å². The van der Waals surface area contributed by atoms with Crippen molar-refractivity contribution >= 4 is 6.03 Å². The molecule has 0 aliphatic carbocycles. The van der Waals surface area contributed by atoms with E-state index in [1.807, 2.05) is 6.07 Å². The van der Waals surface area contributed by atoms with Crippen molar-refractivity contribution < 1.29 is 9.90 Å². The number of aliphatic hydroxyl groups excluding tert-OH is 1. The molecule has 1 aromatic rings. The fraction of sp³-hybridized carbons (Fsp3) is 0.611. The van der Waals surface area contributed by atoms with Gasteiger partial charge in [-0.05, 0) is 44.0 Å². The van der Waals surface area contributed by atoms with Gasteiger partial charge in [0, 0.05) is 13.1 Å². The molecule has 0 spiro atoms. The summed E-state index contributed by atoms with van der Waals surface area (Å²) in [5.74, 6) is 0. The van der Waals surface area contributed by atoms with Crippen LogP contribution in [0.1, 0.15) is 43.7 Å². The molecule has 1 aliphatic heterocycles. The molecule has 1 saturated heterocycles. The highest BCUT2D eigenvalue weighted by molar-refractivity contribution is 5.74. The maximum absolute atomic E-state index is 11.7. The first kappa shape index (κ1) is 17.8. The zero-order valence-electron chi connectivity index (χ0n) is 14.1. The molecular formula is C18H29N3O2. The summed E-state index contributed by atoms with van der Waals surface area (Å²) in [5, 5.41) is 14.4. The van der Waals surface area contributed by atoms with Gasteiger partial charge in [0.1, 0.15) is 0 Å². The quantitative estimate of drug-likeness (QED) is 0.753. The van der Waals surface area contributed by atoms with Crippen LogP contribution >= 0.6 is 0 Å². The minimum atomic E-state index is -0.246. The SMILES string of the molecule is C[C@@H](CO)NC(=O)NCc1cccc(CN2CCCCCC2)c1. The lowest BCUT2D eigenvalue weighted by Crippen LogP contribution is -2.41. The Hall–Kier alpha value is -1.59. The number of carbonyl (C=O) groups is 1. The predicted molar refractivity (Wildman–Crippen MR) is 92.1 cm³/mol. The van der Waals surface area contributed by atoms with E-state index in [4.69, 9.17) is 5.11 Å². The van der Waals surface area contributed by atoms with Gasteiger partial charge in [-0.2, -0.15) is 0 Å². The molecule has 0 unspecified atom stereocenters. The molecule has 0 bridgehead atoms. The standard InChI is InChI=1S/C18H29N3O2/c1-15(14-22)20-18(23)19-12-16-7-6-8-17(11-16)13-21-9-4-2-3-5-10-21/h6-8,11,15,22H,2-5,9-10,12-14H2,1H3,(H2,19,20,23)/t15-/m0/s1. The highest BCUT2D eigenvalue weighted by Crippen LogP contribution is 2.14. The van der Waals surface area contributed by atoms with Crippen molar-refractivity contribution in [2.75, 3.05) is 19.7 Å². The summed E-state index contributed by atoms with van der Waals surface area (Å²) in [6.07, 6.45) is 5.29. The van der Waals surface area contributed by atoms with Crippen LogP contribution in [0.3, 0.4) is 0 Å². The number of benzene rings is 1. The maximum Gasteiger partial charge on any atom is 0.315 e. The molecule has 1 aromatic carbocycles. The van der Waals surface area contributed by atoms with Crippen LogP contribution in [0.4, 0.5) is 4.79 Å². The van der Waals surface area contributed by atoms with Crippen LogP contribution in [0.2, 0.25) is 0 Å². The van der Waals surface area contributed by atoms with E-state index in [1.54, 1.807) is 6.92 Å². The van der Waals surface area contributed by atoms with Crippen LogP contribution < -0.4 is 10.6 Å². The average Bonchev–Trinajstić information content (AvgIpc) is 2.82. The third-order valence-corrected chi connectivity index (χ3v) is 4.20. The second-order valence-electron chi connectivity index (χ2n) is 6.42. The fourth-order valence-corrected chi connectivity index (χ4v) is 2.89. The number of likely N-dealkylation sites (tertiary alicyclic amines) is 1. The van der Waals surface area contributed by atoms with E-state index in [0.717, 1.165) is 12.1 Å². The molecule has 1 aliphatic rings. The number of hydrogen-bond donors (Lipinski definition) is 3. The maximum atomic E-state index is 11.7. The molecular weight excluding hydrogens is 290 g/mol. The van der Waals surface area contributed by atoms with E-state index in [2.05, 4.69) is 33.7 Å². The van der Waals surface area contributed by atoms with Crippen molar-refractivity contribution in [1.82, 2.24) is 15.5 Å². The Bertz CT molecular complexity index is 485. The van der Waals surface area contributed by atoms with Crippen LogP contribution in [0.15, 0.2) is 24.3 Å². The highest BCUT2D eigenvalue weighted by Gasteiger charge is 2.10. The lowest BCUT2D eigenvalue weighted by molar-refractivity contribution is 0.220. The summed E-state index contributed by atoms with van der Waals surface area (Å²) in [6.45, 7) is 5.56. The number of nitrogens with zero attached hydrogens (tertiary/aromatic N) is 1. The van der Waals surface area contributed by atoms with Crippen molar-refractivity contribution in [3.63, 3.8) is 0 Å². The van der Waals surface area contributed by atoms with Crippen molar-refractivity contribution in [3.8, 4) is 0 Å². The highest BCUT2D eigenvalue weighted by atomic mass is 16.3. The lowest BCUT2D eigenvalue weighted by atomic mass is 10.1. The van der Waals surface area contributed by atoms with E-state index in [0.29, 0.717) is 6.54 Å². The van der Waals surface area contributed by atoms with Crippen LogP contribution in [0.25, 0.3) is 0 Å². The summed E-state index contributed by atoms with van der Waals surface area (Å²) >= 11 is 0. The molecule has 0 saturated carbocycles. The average molecular weight is 319 g/mol. The van der Waals surface area contributed by atoms with Crippen molar-refractivity contribution in [2.45, 2.75) is 51.7 Å². The summed E-state index contributed by atoms with van der Waals surface area (Å²) in [5.41, 5.74) is 2.40. The Balaban J connectivity index is 1.83. The van der Waals surface area contributed by atoms with Gasteiger partial charge in [0.25, 0.3) is 0 Å². The first-order valence-electron chi connectivity index (χ1n) is 8.63. The van der Waals surface area contributed by atoms with Gasteiger partial charge in [-0.15, -0.1) is 0 Å². The molecule has 128 valence electrons. The number of amides is 2. The first-order valence-corrected chi connectivity index (χ1v) is 8.63. The number of rotatable bonds is 6. The Labute approximate surface area is 139 Å². The molecule has 0 aromatic heterocycles. The number of urea groups is 1. The molecule has 3 N–H and O–H groups in total. The van der Waals surface area contributed by atoms with Crippen molar-refractivity contribution in [1.29, 1.82) is 0 Å². The molecule has 0 radical (unpaired) electrons. The molecule has 2 amide bonds. The van der Waals surface area contributed by atoms with Crippen LogP contribution in [-0.4, -0.2) is 41.8 Å². The fourth-order valence-electron chi connectivity index (χ4n) is 2.89. The minimum absolute atomic E-state index is 0.0568. The third-order valence-electron chi connectivity index (χ3n) is 4.20. The largest absolute Gasteiger partial charge is 0.394 e. The smallest absolute Gasteiger partial charge is 0.315 e. The van der Waals surface area contributed by atoms with Gasteiger partial charge in [0.15, 0.2) is 0 Å². The monoisotopic (exact) mass is 319 g/mol. The summed E-state index contributed by atoms with van der Waals surface area (Å²) in [4.78, 5) is 14.2. The lowest BCUT2D eigenvalue weighted by Gasteiger charge is -2.20. The van der Waals surface area contributed by atoms with Gasteiger partial charge in [0.05, 0.1) is 12.6 Å². The second-order valence-corrected chi connectivity index (χ2v) is 6.42. The van der Waals surface area contributed by atoms with Crippen molar-refractivity contribution in [3.05, 3.63) is 35.4 Å². The number of aliphatic hydroxyl groups is 1. The van der Waals surface area contributed by atoms with Crippen LogP contribution in [0.5, 0.6) is 0 Å². The van der Waals surface area contributed by atoms with Gasteiger partial charge in [-0.1, -0.05) is 37.1 Å². The van der Waals surface area contributed by atoms with Crippen molar-refractivity contribution in [2.24, 2.45) is 0 Å². The summed E-state index contributed by atoms with van der Waals surface area (Å²) < 4.78 is 0. The Kier molecular flexibility index (Phi) is 7.36. The zero-order chi connectivity index (χ0) is 16.5. The summed E-state index contributed by atoms with van der Waals surface area (Å²) in [7, 11) is 0. The molecule has 1 heterocycles. The number of carbonyl (C=O) groups excluding carboxylic acids is 1. The van der Waals surface area contributed by atoms with Crippen LogP contribution in [-0.2, 0) is 13.1 Å². The van der Waals surface area contributed by atoms with E-state index in [1.165, 1.54) is 44.3 Å². The predicted octanol–water partition coefficient (Wildman–Crippen LogP) is 2.24. The number of hydrogen-bond acceptors (Lipinski definition) is 3. The third kappa shape index (κ3) is 6.59. The molecule has 5 heteroatoms. The Morgan fingerprint density at radius 1 is 1.22 bits per heavy atom. The normalized spacial score (nSPS) is 17.3. The molecule has 23 heavy (non-hydrogen) atoms. The molecule has 1 atom stereocenters. The van der Waals surface area contributed by atoms with E-state index < -0.39 is 0 Å². The summed E-state index contributed by atoms with van der Waals surface area (Å²) in [6, 6.07) is 7.93. The molecule has 5 nitrogen and oxygen atoms in total. The van der Waals surface area contributed by atoms with Gasteiger partial charge in [-0.3, -0.25) is 4.90 Å². The van der Waals surface area contributed by atoms with Crippen LogP contribution in [0, 0.1) is 0 Å². The zero-order valence-corrected chi connectivity index (χ0v) is 14.1. The Morgan fingerprint density at radius 3 is 2.61 bits per heavy atom. The first-order chi connectivity index (χ1) is 11.2. The molecule has 2 rings (SSSR count). The van der Waals surface area contributed by atoms with Gasteiger partial charge >= 0.3 is 6.03 Å². The minimum Gasteiger partial charge on any atom is -0.394 e. The van der Waals surface area contributed by atoms with Gasteiger partial charge in [0.2, 0.25) is 0 Å². The van der Waals surface area contributed by atoms with Gasteiger partial charge < -0.3 is 15.7 Å². The number of nitrogens with one attached hydrogen (secondary N) is 2. The van der Waals surface area contributed by atoms with E-state index in [-0.39, 0.29) is 18.7 Å². The topological polar surface area (TPSA) is 64.6 Å². The van der Waals surface area contributed by atoms with E-state index in [9.17, 15) is 4.79 Å². The van der Waals surface area contributed by atoms with Gasteiger partial charge in [-0.25, -0.2) is 4.79 Å². The Morgan fingerprint density at radius 2 is 1.91 bits per heavy atom.